The SMILES string of the molecule is CC1=C(c2cnc(NC(=O)c3cc(F)ccc3Cl)cn2)CN(c2nnn(C)n2)CC1. The molecule has 4 rings (SSSR count). The van der Waals surface area contributed by atoms with Crippen LogP contribution in [0.25, 0.3) is 5.57 Å². The number of carbonyl (C=O) groups is 1. The molecule has 1 N–H and O–H groups in total. The van der Waals surface area contributed by atoms with Gasteiger partial charge in [0.1, 0.15) is 5.82 Å². The van der Waals surface area contributed by atoms with Crippen LogP contribution in [0.4, 0.5) is 16.2 Å². The van der Waals surface area contributed by atoms with Crippen LogP contribution in [0.1, 0.15) is 29.4 Å². The molecule has 9 nitrogen and oxygen atoms in total. The van der Waals surface area contributed by atoms with Crippen molar-refractivity contribution in [1.82, 2.24) is 30.2 Å². The number of anilines is 2. The van der Waals surface area contributed by atoms with Gasteiger partial charge in [-0.1, -0.05) is 22.3 Å². The van der Waals surface area contributed by atoms with E-state index in [2.05, 4.69) is 37.6 Å². The molecule has 0 fully saturated rings. The quantitative estimate of drug-likeness (QED) is 0.681. The van der Waals surface area contributed by atoms with Crippen molar-refractivity contribution in [3.8, 4) is 0 Å². The third kappa shape index (κ3) is 4.13. The van der Waals surface area contributed by atoms with Crippen molar-refractivity contribution >= 4 is 34.8 Å². The number of halogens is 2. The molecule has 1 aromatic carbocycles. The number of nitrogens with one attached hydrogen (secondary N) is 1. The lowest BCUT2D eigenvalue weighted by atomic mass is 9.99. The third-order valence-corrected chi connectivity index (χ3v) is 5.11. The number of aromatic nitrogens is 6. The van der Waals surface area contributed by atoms with Crippen molar-refractivity contribution in [2.75, 3.05) is 23.3 Å². The van der Waals surface area contributed by atoms with E-state index < -0.39 is 11.7 Å². The van der Waals surface area contributed by atoms with Gasteiger partial charge in [-0.25, -0.2) is 9.37 Å². The summed E-state index contributed by atoms with van der Waals surface area (Å²) in [6.07, 6.45) is 3.89. The van der Waals surface area contributed by atoms with Gasteiger partial charge in [-0.05, 0) is 42.3 Å². The standard InChI is InChI=1S/C19H18ClFN8O/c1-11-5-6-29(19-25-27-28(2)26-19)10-14(11)16-8-23-17(9-22-16)24-18(30)13-7-12(21)3-4-15(13)20/h3-4,7-9H,5-6,10H2,1-2H3,(H,23,24,30). The van der Waals surface area contributed by atoms with Crippen LogP contribution in [-0.2, 0) is 7.05 Å². The molecule has 1 aliphatic heterocycles. The summed E-state index contributed by atoms with van der Waals surface area (Å²) >= 11 is 5.98. The number of hydrogen-bond acceptors (Lipinski definition) is 7. The predicted molar refractivity (Wildman–Crippen MR) is 110 cm³/mol. The first-order chi connectivity index (χ1) is 14.4. The summed E-state index contributed by atoms with van der Waals surface area (Å²) in [6.45, 7) is 3.42. The van der Waals surface area contributed by atoms with Gasteiger partial charge in [-0.3, -0.25) is 9.78 Å². The Labute approximate surface area is 176 Å². The second-order valence-electron chi connectivity index (χ2n) is 6.87. The average molecular weight is 429 g/mol. The molecular formula is C19H18ClFN8O. The van der Waals surface area contributed by atoms with E-state index in [0.29, 0.717) is 18.2 Å². The second-order valence-corrected chi connectivity index (χ2v) is 7.28. The fraction of sp³-hybridized carbons (Fsp3) is 0.263. The van der Waals surface area contributed by atoms with Crippen LogP contribution in [0, 0.1) is 5.82 Å². The number of aryl methyl sites for hydroxylation is 1. The third-order valence-electron chi connectivity index (χ3n) is 4.78. The highest BCUT2D eigenvalue weighted by Crippen LogP contribution is 2.27. The summed E-state index contributed by atoms with van der Waals surface area (Å²) in [5.41, 5.74) is 2.95. The first-order valence-corrected chi connectivity index (χ1v) is 9.55. The van der Waals surface area contributed by atoms with Crippen molar-refractivity contribution in [2.24, 2.45) is 7.05 Å². The molecule has 0 radical (unpaired) electrons. The zero-order valence-corrected chi connectivity index (χ0v) is 17.1. The van der Waals surface area contributed by atoms with Crippen LogP contribution >= 0.6 is 11.6 Å². The summed E-state index contributed by atoms with van der Waals surface area (Å²) in [6, 6.07) is 3.59. The van der Waals surface area contributed by atoms with Gasteiger partial charge in [-0.2, -0.15) is 4.80 Å². The van der Waals surface area contributed by atoms with Gasteiger partial charge in [-0.15, -0.1) is 5.10 Å². The molecule has 3 heterocycles. The summed E-state index contributed by atoms with van der Waals surface area (Å²) in [4.78, 5) is 24.5. The van der Waals surface area contributed by atoms with E-state index >= 15 is 0 Å². The van der Waals surface area contributed by atoms with Crippen molar-refractivity contribution in [1.29, 1.82) is 0 Å². The number of carbonyl (C=O) groups excluding carboxylic acids is 1. The zero-order chi connectivity index (χ0) is 21.3. The lowest BCUT2D eigenvalue weighted by molar-refractivity contribution is 0.102. The number of benzene rings is 1. The number of amides is 1. The van der Waals surface area contributed by atoms with Gasteiger partial charge in [0, 0.05) is 13.1 Å². The molecule has 1 aliphatic rings. The van der Waals surface area contributed by atoms with Gasteiger partial charge < -0.3 is 10.2 Å². The summed E-state index contributed by atoms with van der Waals surface area (Å²) in [7, 11) is 1.72. The van der Waals surface area contributed by atoms with Gasteiger partial charge in [0.15, 0.2) is 5.82 Å². The van der Waals surface area contributed by atoms with Crippen molar-refractivity contribution in [3.05, 3.63) is 58.3 Å². The van der Waals surface area contributed by atoms with E-state index in [1.54, 1.807) is 13.2 Å². The fourth-order valence-electron chi connectivity index (χ4n) is 3.13. The minimum atomic E-state index is -0.561. The molecule has 154 valence electrons. The molecule has 0 unspecified atom stereocenters. The Balaban J connectivity index is 1.50. The molecule has 0 bridgehead atoms. The van der Waals surface area contributed by atoms with Crippen LogP contribution < -0.4 is 10.2 Å². The van der Waals surface area contributed by atoms with Crippen LogP contribution in [0.2, 0.25) is 5.02 Å². The molecule has 11 heteroatoms. The molecule has 0 saturated carbocycles. The number of nitrogens with zero attached hydrogens (tertiary/aromatic N) is 7. The van der Waals surface area contributed by atoms with E-state index in [4.69, 9.17) is 11.6 Å². The Morgan fingerprint density at radius 2 is 2.10 bits per heavy atom. The van der Waals surface area contributed by atoms with E-state index in [9.17, 15) is 9.18 Å². The Morgan fingerprint density at radius 1 is 1.27 bits per heavy atom. The highest BCUT2D eigenvalue weighted by molar-refractivity contribution is 6.34. The smallest absolute Gasteiger partial charge is 0.266 e. The minimum Gasteiger partial charge on any atom is -0.333 e. The Hall–Kier alpha value is -3.40. The highest BCUT2D eigenvalue weighted by Gasteiger charge is 2.22. The van der Waals surface area contributed by atoms with E-state index in [-0.39, 0.29) is 16.4 Å². The minimum absolute atomic E-state index is 0.0282. The Kier molecular flexibility index (Phi) is 5.40. The zero-order valence-electron chi connectivity index (χ0n) is 16.3. The molecule has 0 saturated heterocycles. The fourth-order valence-corrected chi connectivity index (χ4v) is 3.34. The maximum Gasteiger partial charge on any atom is 0.266 e. The van der Waals surface area contributed by atoms with Crippen LogP contribution in [-0.4, -0.2) is 49.2 Å². The van der Waals surface area contributed by atoms with E-state index in [1.165, 1.54) is 28.7 Å². The molecule has 1 amide bonds. The van der Waals surface area contributed by atoms with E-state index in [1.807, 2.05) is 4.90 Å². The summed E-state index contributed by atoms with van der Waals surface area (Å²) in [5, 5.41) is 14.9. The molecule has 0 spiro atoms. The van der Waals surface area contributed by atoms with Gasteiger partial charge in [0.2, 0.25) is 0 Å². The maximum atomic E-state index is 13.4. The summed E-state index contributed by atoms with van der Waals surface area (Å²) in [5.74, 6) is -0.306. The van der Waals surface area contributed by atoms with Crippen LogP contribution in [0.3, 0.4) is 0 Å². The lowest BCUT2D eigenvalue weighted by Gasteiger charge is -2.28. The van der Waals surface area contributed by atoms with Crippen molar-refractivity contribution < 1.29 is 9.18 Å². The monoisotopic (exact) mass is 428 g/mol. The average Bonchev–Trinajstić information content (AvgIpc) is 3.17. The Morgan fingerprint density at radius 3 is 2.80 bits per heavy atom. The van der Waals surface area contributed by atoms with Crippen LogP contribution in [0.15, 0.2) is 36.2 Å². The first-order valence-electron chi connectivity index (χ1n) is 9.17. The van der Waals surface area contributed by atoms with Gasteiger partial charge in [0.05, 0.1) is 35.7 Å². The molecular weight excluding hydrogens is 411 g/mol. The highest BCUT2D eigenvalue weighted by atomic mass is 35.5. The molecule has 0 aliphatic carbocycles. The molecule has 2 aromatic heterocycles. The summed E-state index contributed by atoms with van der Waals surface area (Å²) < 4.78 is 13.4. The Bertz CT molecular complexity index is 1130. The van der Waals surface area contributed by atoms with E-state index in [0.717, 1.165) is 24.6 Å². The maximum absolute atomic E-state index is 13.4. The number of rotatable bonds is 4. The van der Waals surface area contributed by atoms with Gasteiger partial charge in [0.25, 0.3) is 11.9 Å². The van der Waals surface area contributed by atoms with Crippen LogP contribution in [0.5, 0.6) is 0 Å². The van der Waals surface area contributed by atoms with Crippen molar-refractivity contribution in [3.63, 3.8) is 0 Å². The molecule has 30 heavy (non-hydrogen) atoms. The predicted octanol–water partition coefficient (Wildman–Crippen LogP) is 2.73. The lowest BCUT2D eigenvalue weighted by Crippen LogP contribution is -2.32. The molecule has 0 atom stereocenters. The number of hydrogen-bond donors (Lipinski definition) is 1. The normalized spacial score (nSPS) is 14.2. The number of tetrazole rings is 1. The topological polar surface area (TPSA) is 102 Å². The largest absolute Gasteiger partial charge is 0.333 e. The van der Waals surface area contributed by atoms with Gasteiger partial charge >= 0.3 is 0 Å². The second kappa shape index (κ2) is 8.15. The van der Waals surface area contributed by atoms with Crippen molar-refractivity contribution in [2.45, 2.75) is 13.3 Å². The molecule has 3 aromatic rings. The first kappa shape index (κ1) is 19.9.